The number of aromatic hydroxyl groups is 1. The fraction of sp³-hybridized carbons (Fsp3) is 0.222. The van der Waals surface area contributed by atoms with Crippen molar-refractivity contribution in [2.24, 2.45) is 10.2 Å². The van der Waals surface area contributed by atoms with E-state index in [0.717, 1.165) is 11.3 Å². The van der Waals surface area contributed by atoms with Crippen LogP contribution in [0, 0.1) is 6.92 Å². The first-order valence-corrected chi connectivity index (χ1v) is 7.92. The Bertz CT molecular complexity index is 947. The molecule has 2 aromatic heterocycles. The number of nitrogens with zero attached hydrogens (tertiary/aromatic N) is 4. The van der Waals surface area contributed by atoms with Crippen LogP contribution in [0.5, 0.6) is 5.75 Å². The molecular weight excluding hydrogens is 320 g/mol. The molecule has 0 saturated carbocycles. The highest BCUT2D eigenvalue weighted by atomic mass is 16.5. The molecule has 128 valence electrons. The Hall–Kier alpha value is -3.22. The lowest BCUT2D eigenvalue weighted by Gasteiger charge is -2.01. The highest BCUT2D eigenvalue weighted by molar-refractivity contribution is 5.75. The Balaban J connectivity index is 2.06. The molecule has 0 atom stereocenters. The van der Waals surface area contributed by atoms with Gasteiger partial charge in [-0.1, -0.05) is 18.2 Å². The minimum atomic E-state index is -0.405. The van der Waals surface area contributed by atoms with Gasteiger partial charge in [0, 0.05) is 6.20 Å². The molecule has 0 bridgehead atoms. The molecule has 3 aromatic rings. The van der Waals surface area contributed by atoms with Crippen LogP contribution < -0.4 is 0 Å². The summed E-state index contributed by atoms with van der Waals surface area (Å²) in [6.45, 7) is 3.97. The van der Waals surface area contributed by atoms with Crippen LogP contribution in [0.1, 0.15) is 18.2 Å². The molecule has 3 rings (SSSR count). The number of carbonyl (C=O) groups is 1. The number of fused-ring (bicyclic) bond motifs is 1. The Morgan fingerprint density at radius 3 is 2.80 bits per heavy atom. The van der Waals surface area contributed by atoms with Crippen molar-refractivity contribution in [3.05, 3.63) is 53.9 Å². The summed E-state index contributed by atoms with van der Waals surface area (Å²) in [6, 6.07) is 10.8. The summed E-state index contributed by atoms with van der Waals surface area (Å²) < 4.78 is 6.59. The molecule has 0 spiro atoms. The molecule has 1 N–H and O–H groups in total. The maximum absolute atomic E-state index is 11.8. The molecular formula is C18H18N4O3. The minimum absolute atomic E-state index is 0.00458. The fourth-order valence-electron chi connectivity index (χ4n) is 2.44. The van der Waals surface area contributed by atoms with Gasteiger partial charge in [-0.25, -0.2) is 4.98 Å². The van der Waals surface area contributed by atoms with Crippen molar-refractivity contribution in [2.75, 3.05) is 6.61 Å². The van der Waals surface area contributed by atoms with Gasteiger partial charge in [0.05, 0.1) is 24.4 Å². The van der Waals surface area contributed by atoms with E-state index in [1.165, 1.54) is 6.07 Å². The fourth-order valence-corrected chi connectivity index (χ4v) is 2.44. The summed E-state index contributed by atoms with van der Waals surface area (Å²) in [4.78, 5) is 16.2. The molecule has 2 heterocycles. The van der Waals surface area contributed by atoms with Gasteiger partial charge in [0.25, 0.3) is 0 Å². The Labute approximate surface area is 144 Å². The van der Waals surface area contributed by atoms with Crippen LogP contribution in [0.4, 0.5) is 11.5 Å². The average molecular weight is 338 g/mol. The van der Waals surface area contributed by atoms with Crippen LogP contribution in [-0.4, -0.2) is 27.1 Å². The average Bonchev–Trinajstić information content (AvgIpc) is 2.93. The zero-order valence-electron chi connectivity index (χ0n) is 14.0. The normalized spacial score (nSPS) is 11.3. The predicted molar refractivity (Wildman–Crippen MR) is 92.5 cm³/mol. The summed E-state index contributed by atoms with van der Waals surface area (Å²) in [5.41, 5.74) is 2.42. The van der Waals surface area contributed by atoms with Crippen molar-refractivity contribution in [1.29, 1.82) is 0 Å². The number of aromatic nitrogens is 2. The van der Waals surface area contributed by atoms with Crippen LogP contribution in [0.3, 0.4) is 0 Å². The highest BCUT2D eigenvalue weighted by Gasteiger charge is 2.18. The Morgan fingerprint density at radius 1 is 1.24 bits per heavy atom. The molecule has 0 aliphatic heterocycles. The van der Waals surface area contributed by atoms with Gasteiger partial charge >= 0.3 is 5.97 Å². The van der Waals surface area contributed by atoms with E-state index in [0.29, 0.717) is 17.2 Å². The number of aryl methyl sites for hydroxylation is 1. The number of pyridine rings is 1. The first-order valence-electron chi connectivity index (χ1n) is 7.92. The van der Waals surface area contributed by atoms with Gasteiger partial charge in [0.15, 0.2) is 17.2 Å². The number of imidazole rings is 1. The topological polar surface area (TPSA) is 88.5 Å². The van der Waals surface area contributed by atoms with Crippen molar-refractivity contribution in [1.82, 2.24) is 9.38 Å². The van der Waals surface area contributed by atoms with Crippen molar-refractivity contribution >= 4 is 23.1 Å². The van der Waals surface area contributed by atoms with E-state index in [9.17, 15) is 9.90 Å². The number of benzene rings is 1. The summed E-state index contributed by atoms with van der Waals surface area (Å²) in [5, 5.41) is 18.6. The second-order valence-electron chi connectivity index (χ2n) is 5.44. The molecule has 0 radical (unpaired) electrons. The second-order valence-corrected chi connectivity index (χ2v) is 5.44. The van der Waals surface area contributed by atoms with E-state index in [-0.39, 0.29) is 18.8 Å². The zero-order valence-corrected chi connectivity index (χ0v) is 14.0. The number of rotatable bonds is 5. The molecule has 7 heteroatoms. The predicted octanol–water partition coefficient (Wildman–Crippen LogP) is 3.87. The second kappa shape index (κ2) is 7.12. The molecule has 0 saturated heterocycles. The number of esters is 1. The van der Waals surface area contributed by atoms with Crippen molar-refractivity contribution < 1.29 is 14.6 Å². The molecule has 1 aromatic carbocycles. The summed E-state index contributed by atoms with van der Waals surface area (Å²) >= 11 is 0. The molecule has 0 amide bonds. The van der Waals surface area contributed by atoms with Gasteiger partial charge in [-0.3, -0.25) is 9.20 Å². The number of hydrogen-bond donors (Lipinski definition) is 1. The molecule has 0 unspecified atom stereocenters. The molecule has 7 nitrogen and oxygen atoms in total. The standard InChI is InChI=1S/C18H18N4O3/c1-3-25-16(24)11-14-17(21-20-13-8-5-4-7-12(13)2)22-10-6-9-15(23)18(22)19-14/h4-10,23H,3,11H2,1-2H3. The van der Waals surface area contributed by atoms with Crippen molar-refractivity contribution in [3.8, 4) is 5.75 Å². The van der Waals surface area contributed by atoms with Gasteiger partial charge < -0.3 is 9.84 Å². The van der Waals surface area contributed by atoms with Crippen LogP contribution in [0.25, 0.3) is 5.65 Å². The summed E-state index contributed by atoms with van der Waals surface area (Å²) in [7, 11) is 0. The summed E-state index contributed by atoms with van der Waals surface area (Å²) in [6.07, 6.45) is 1.67. The SMILES string of the molecule is CCOC(=O)Cc1nc2c(O)cccn2c1N=Nc1ccccc1C. The number of carbonyl (C=O) groups excluding carboxylic acids is 1. The lowest BCUT2D eigenvalue weighted by molar-refractivity contribution is -0.142. The third kappa shape index (κ3) is 3.50. The Morgan fingerprint density at radius 2 is 2.04 bits per heavy atom. The van der Waals surface area contributed by atoms with Gasteiger partial charge in [-0.2, -0.15) is 0 Å². The first kappa shape index (κ1) is 16.6. The zero-order chi connectivity index (χ0) is 17.8. The van der Waals surface area contributed by atoms with Gasteiger partial charge in [0.2, 0.25) is 0 Å². The number of azo groups is 1. The van der Waals surface area contributed by atoms with Crippen molar-refractivity contribution in [2.45, 2.75) is 20.3 Å². The number of ether oxygens (including phenoxy) is 1. The lowest BCUT2D eigenvalue weighted by Crippen LogP contribution is -2.07. The molecule has 25 heavy (non-hydrogen) atoms. The smallest absolute Gasteiger partial charge is 0.312 e. The molecule has 0 aliphatic carbocycles. The van der Waals surface area contributed by atoms with Crippen LogP contribution >= 0.6 is 0 Å². The maximum atomic E-state index is 11.8. The van der Waals surface area contributed by atoms with E-state index >= 15 is 0 Å². The minimum Gasteiger partial charge on any atom is -0.504 e. The highest BCUT2D eigenvalue weighted by Crippen LogP contribution is 2.29. The molecule has 0 fully saturated rings. The Kier molecular flexibility index (Phi) is 4.74. The van der Waals surface area contributed by atoms with Crippen molar-refractivity contribution in [3.63, 3.8) is 0 Å². The van der Waals surface area contributed by atoms with Crippen LogP contribution in [-0.2, 0) is 16.0 Å². The van der Waals surface area contributed by atoms with Crippen LogP contribution in [0.2, 0.25) is 0 Å². The first-order chi connectivity index (χ1) is 12.1. The van der Waals surface area contributed by atoms with E-state index < -0.39 is 5.97 Å². The monoisotopic (exact) mass is 338 g/mol. The van der Waals surface area contributed by atoms with E-state index in [4.69, 9.17) is 4.74 Å². The third-order valence-corrected chi connectivity index (χ3v) is 3.66. The number of hydrogen-bond acceptors (Lipinski definition) is 6. The largest absolute Gasteiger partial charge is 0.504 e. The van der Waals surface area contributed by atoms with Gasteiger partial charge in [0.1, 0.15) is 0 Å². The van der Waals surface area contributed by atoms with E-state index in [1.54, 1.807) is 23.6 Å². The quantitative estimate of drug-likeness (QED) is 0.565. The molecule has 0 aliphatic rings. The summed E-state index contributed by atoms with van der Waals surface area (Å²) in [5.74, 6) is -0.00936. The third-order valence-electron chi connectivity index (χ3n) is 3.66. The van der Waals surface area contributed by atoms with Gasteiger partial charge in [-0.05, 0) is 37.6 Å². The lowest BCUT2D eigenvalue weighted by atomic mass is 10.2. The van der Waals surface area contributed by atoms with E-state index in [2.05, 4.69) is 15.2 Å². The van der Waals surface area contributed by atoms with Gasteiger partial charge in [-0.15, -0.1) is 10.2 Å². The maximum Gasteiger partial charge on any atom is 0.312 e. The van der Waals surface area contributed by atoms with E-state index in [1.807, 2.05) is 31.2 Å². The van der Waals surface area contributed by atoms with Crippen LogP contribution in [0.15, 0.2) is 52.8 Å².